The maximum atomic E-state index is 12.5. The van der Waals surface area contributed by atoms with Crippen molar-refractivity contribution in [3.63, 3.8) is 0 Å². The molecule has 0 spiro atoms. The van der Waals surface area contributed by atoms with Crippen molar-refractivity contribution in [1.82, 2.24) is 9.80 Å². The number of carbonyl (C=O) groups is 1. The molecule has 1 heterocycles. The molecule has 120 valence electrons. The van der Waals surface area contributed by atoms with Gasteiger partial charge in [0.15, 0.2) is 0 Å². The minimum absolute atomic E-state index is 0.252. The highest BCUT2D eigenvalue weighted by molar-refractivity contribution is 5.76. The topological polar surface area (TPSA) is 49.6 Å². The molecule has 2 N–H and O–H groups in total. The minimum atomic E-state index is 0.252. The van der Waals surface area contributed by atoms with Crippen LogP contribution in [0, 0.1) is 5.92 Å². The summed E-state index contributed by atoms with van der Waals surface area (Å²) in [6, 6.07) is 1.05. The summed E-state index contributed by atoms with van der Waals surface area (Å²) >= 11 is 0. The van der Waals surface area contributed by atoms with Gasteiger partial charge < -0.3 is 10.6 Å². The third-order valence-corrected chi connectivity index (χ3v) is 5.91. The zero-order valence-corrected chi connectivity index (χ0v) is 13.3. The minimum Gasteiger partial charge on any atom is -0.340 e. The molecule has 2 saturated carbocycles. The van der Waals surface area contributed by atoms with Crippen LogP contribution in [-0.4, -0.2) is 54.0 Å². The van der Waals surface area contributed by atoms with Crippen molar-refractivity contribution in [2.45, 2.75) is 69.9 Å². The molecule has 3 aliphatic rings. The van der Waals surface area contributed by atoms with E-state index in [1.807, 2.05) is 0 Å². The second-order valence-corrected chi connectivity index (χ2v) is 7.27. The molecule has 1 amide bonds. The van der Waals surface area contributed by atoms with E-state index in [0.29, 0.717) is 18.2 Å². The Kier molecular flexibility index (Phi) is 5.17. The van der Waals surface area contributed by atoms with Gasteiger partial charge in [0.25, 0.3) is 0 Å². The Morgan fingerprint density at radius 1 is 0.905 bits per heavy atom. The van der Waals surface area contributed by atoms with Crippen LogP contribution in [0.25, 0.3) is 0 Å². The number of rotatable bonds is 3. The highest BCUT2D eigenvalue weighted by Gasteiger charge is 2.30. The van der Waals surface area contributed by atoms with Crippen LogP contribution in [0.1, 0.15) is 57.8 Å². The molecule has 1 saturated heterocycles. The Bertz CT molecular complexity index is 346. The number of nitrogens with two attached hydrogens (primary N) is 1. The van der Waals surface area contributed by atoms with Gasteiger partial charge in [-0.2, -0.15) is 0 Å². The lowest BCUT2D eigenvalue weighted by molar-refractivity contribution is -0.134. The van der Waals surface area contributed by atoms with E-state index in [2.05, 4.69) is 9.80 Å². The van der Waals surface area contributed by atoms with E-state index < -0.39 is 0 Å². The molecular formula is C17H31N3O. The van der Waals surface area contributed by atoms with Crippen LogP contribution in [0.3, 0.4) is 0 Å². The third kappa shape index (κ3) is 3.78. The third-order valence-electron chi connectivity index (χ3n) is 5.91. The van der Waals surface area contributed by atoms with Crippen LogP contribution < -0.4 is 5.73 Å². The first-order valence-electron chi connectivity index (χ1n) is 9.01. The zero-order valence-electron chi connectivity index (χ0n) is 13.3. The van der Waals surface area contributed by atoms with Gasteiger partial charge in [-0.1, -0.05) is 25.7 Å². The Morgan fingerprint density at radius 3 is 2.19 bits per heavy atom. The van der Waals surface area contributed by atoms with Gasteiger partial charge in [-0.05, 0) is 31.6 Å². The molecule has 1 aliphatic heterocycles. The quantitative estimate of drug-likeness (QED) is 0.865. The van der Waals surface area contributed by atoms with E-state index >= 15 is 0 Å². The van der Waals surface area contributed by atoms with Gasteiger partial charge in [-0.3, -0.25) is 9.69 Å². The van der Waals surface area contributed by atoms with Crippen LogP contribution in [-0.2, 0) is 4.79 Å². The smallest absolute Gasteiger partial charge is 0.222 e. The fourth-order valence-electron chi connectivity index (χ4n) is 4.45. The summed E-state index contributed by atoms with van der Waals surface area (Å²) in [6.45, 7) is 4.01. The molecule has 4 heteroatoms. The highest BCUT2D eigenvalue weighted by atomic mass is 16.2. The average Bonchev–Trinajstić information content (AvgIpc) is 3.04. The van der Waals surface area contributed by atoms with E-state index in [0.717, 1.165) is 45.1 Å². The SMILES string of the molecule is NC1CCCCC1CC(=O)N1CCN(C2CCCC2)CC1. The predicted molar refractivity (Wildman–Crippen MR) is 85.0 cm³/mol. The number of nitrogens with zero attached hydrogens (tertiary/aromatic N) is 2. The first-order chi connectivity index (χ1) is 10.2. The average molecular weight is 293 g/mol. The van der Waals surface area contributed by atoms with Crippen LogP contribution >= 0.6 is 0 Å². The number of hydrogen-bond donors (Lipinski definition) is 1. The standard InChI is InChI=1S/C17H31N3O/c18-16-8-4-1-5-14(16)13-17(21)20-11-9-19(10-12-20)15-6-2-3-7-15/h14-16H,1-13,18H2. The molecular weight excluding hydrogens is 262 g/mol. The van der Waals surface area contributed by atoms with Crippen molar-refractivity contribution in [1.29, 1.82) is 0 Å². The van der Waals surface area contributed by atoms with Crippen LogP contribution in [0.15, 0.2) is 0 Å². The van der Waals surface area contributed by atoms with Gasteiger partial charge in [0, 0.05) is 44.7 Å². The summed E-state index contributed by atoms with van der Waals surface area (Å²) in [5, 5.41) is 0. The van der Waals surface area contributed by atoms with Crippen molar-refractivity contribution in [3.8, 4) is 0 Å². The lowest BCUT2D eigenvalue weighted by Crippen LogP contribution is -2.52. The van der Waals surface area contributed by atoms with Crippen molar-refractivity contribution < 1.29 is 4.79 Å². The zero-order chi connectivity index (χ0) is 14.7. The van der Waals surface area contributed by atoms with Gasteiger partial charge in [0.2, 0.25) is 5.91 Å². The molecule has 4 nitrogen and oxygen atoms in total. The second kappa shape index (κ2) is 7.10. The van der Waals surface area contributed by atoms with Crippen molar-refractivity contribution >= 4 is 5.91 Å². The first-order valence-corrected chi connectivity index (χ1v) is 9.01. The molecule has 2 aliphatic carbocycles. The summed E-state index contributed by atoms with van der Waals surface area (Å²) in [4.78, 5) is 17.2. The maximum Gasteiger partial charge on any atom is 0.222 e. The summed E-state index contributed by atoms with van der Waals surface area (Å²) in [5.74, 6) is 0.780. The largest absolute Gasteiger partial charge is 0.340 e. The van der Waals surface area contributed by atoms with Crippen molar-refractivity contribution in [2.24, 2.45) is 11.7 Å². The van der Waals surface area contributed by atoms with E-state index in [1.54, 1.807) is 0 Å². The normalized spacial score (nSPS) is 32.5. The number of amides is 1. The Morgan fingerprint density at radius 2 is 1.52 bits per heavy atom. The summed E-state index contributed by atoms with van der Waals surface area (Å²) in [7, 11) is 0. The highest BCUT2D eigenvalue weighted by Crippen LogP contribution is 2.27. The fourth-order valence-corrected chi connectivity index (χ4v) is 4.45. The Balaban J connectivity index is 1.44. The van der Waals surface area contributed by atoms with Crippen molar-refractivity contribution in [2.75, 3.05) is 26.2 Å². The maximum absolute atomic E-state index is 12.5. The summed E-state index contributed by atoms with van der Waals surface area (Å²) in [5.41, 5.74) is 6.18. The van der Waals surface area contributed by atoms with Gasteiger partial charge in [0.05, 0.1) is 0 Å². The predicted octanol–water partition coefficient (Wildman–Crippen LogP) is 1.98. The number of hydrogen-bond acceptors (Lipinski definition) is 3. The summed E-state index contributed by atoms with van der Waals surface area (Å²) < 4.78 is 0. The molecule has 3 rings (SSSR count). The molecule has 0 radical (unpaired) electrons. The van der Waals surface area contributed by atoms with Gasteiger partial charge in [-0.25, -0.2) is 0 Å². The van der Waals surface area contributed by atoms with E-state index in [9.17, 15) is 4.79 Å². The molecule has 2 atom stereocenters. The monoisotopic (exact) mass is 293 g/mol. The van der Waals surface area contributed by atoms with Crippen LogP contribution in [0.5, 0.6) is 0 Å². The van der Waals surface area contributed by atoms with Crippen LogP contribution in [0.4, 0.5) is 0 Å². The Labute approximate surface area is 129 Å². The van der Waals surface area contributed by atoms with Crippen molar-refractivity contribution in [3.05, 3.63) is 0 Å². The van der Waals surface area contributed by atoms with Gasteiger partial charge in [0.1, 0.15) is 0 Å². The molecule has 0 aromatic carbocycles. The lowest BCUT2D eigenvalue weighted by atomic mass is 9.82. The molecule has 0 bridgehead atoms. The molecule has 0 aromatic heterocycles. The molecule has 21 heavy (non-hydrogen) atoms. The van der Waals surface area contributed by atoms with E-state index in [1.165, 1.54) is 38.5 Å². The van der Waals surface area contributed by atoms with Crippen LogP contribution in [0.2, 0.25) is 0 Å². The number of carbonyl (C=O) groups excluding carboxylic acids is 1. The summed E-state index contributed by atoms with van der Waals surface area (Å²) in [6.07, 6.45) is 10.9. The molecule has 2 unspecified atom stereocenters. The lowest BCUT2D eigenvalue weighted by Gasteiger charge is -2.39. The fraction of sp³-hybridized carbons (Fsp3) is 0.941. The van der Waals surface area contributed by atoms with Gasteiger partial charge in [-0.15, -0.1) is 0 Å². The first kappa shape index (κ1) is 15.3. The molecule has 0 aromatic rings. The number of piperazine rings is 1. The molecule has 3 fully saturated rings. The second-order valence-electron chi connectivity index (χ2n) is 7.27. The van der Waals surface area contributed by atoms with Gasteiger partial charge >= 0.3 is 0 Å². The van der Waals surface area contributed by atoms with E-state index in [4.69, 9.17) is 5.73 Å². The van der Waals surface area contributed by atoms with E-state index in [-0.39, 0.29) is 6.04 Å². The Hall–Kier alpha value is -0.610.